The van der Waals surface area contributed by atoms with E-state index in [2.05, 4.69) is 25.8 Å². The van der Waals surface area contributed by atoms with E-state index in [-0.39, 0.29) is 11.4 Å². The second-order valence-electron chi connectivity index (χ2n) is 5.68. The average Bonchev–Trinajstić information content (AvgIpc) is 2.45. The van der Waals surface area contributed by atoms with Gasteiger partial charge in [0.1, 0.15) is 5.82 Å². The fraction of sp³-hybridized carbons (Fsp3) is 0.333. The Morgan fingerprint density at radius 1 is 1.14 bits per heavy atom. The second kappa shape index (κ2) is 6.30. The van der Waals surface area contributed by atoms with Gasteiger partial charge in [-0.25, -0.2) is 0 Å². The van der Waals surface area contributed by atoms with Crippen LogP contribution in [0, 0.1) is 0 Å². The first-order valence-electron chi connectivity index (χ1n) is 6.74. The molecule has 1 amide bonds. The molecule has 2 aromatic heterocycles. The van der Waals surface area contributed by atoms with Gasteiger partial charge in [-0.15, -0.1) is 10.2 Å². The number of amides is 1. The maximum absolute atomic E-state index is 11.9. The third-order valence-electron chi connectivity index (χ3n) is 2.56. The lowest BCUT2D eigenvalue weighted by atomic mass is 10.1. The number of carbonyl (C=O) groups is 1. The first-order chi connectivity index (χ1) is 9.94. The van der Waals surface area contributed by atoms with Gasteiger partial charge in [-0.1, -0.05) is 6.07 Å². The van der Waals surface area contributed by atoms with Crippen LogP contribution in [0.4, 0.5) is 5.82 Å². The van der Waals surface area contributed by atoms with Crippen LogP contribution in [0.2, 0.25) is 0 Å². The molecule has 0 radical (unpaired) electrons. The zero-order valence-corrected chi connectivity index (χ0v) is 12.4. The number of aromatic nitrogens is 3. The van der Waals surface area contributed by atoms with E-state index in [0.29, 0.717) is 18.1 Å². The number of rotatable bonds is 4. The van der Waals surface area contributed by atoms with Crippen LogP contribution in [0.5, 0.6) is 0 Å². The summed E-state index contributed by atoms with van der Waals surface area (Å²) in [4.78, 5) is 16.1. The molecule has 0 aromatic carbocycles. The Hall–Kier alpha value is -2.50. The number of hydrogen-bond donors (Lipinski definition) is 2. The number of nitrogens with one attached hydrogen (secondary N) is 2. The molecule has 21 heavy (non-hydrogen) atoms. The molecule has 0 aliphatic rings. The molecule has 110 valence electrons. The van der Waals surface area contributed by atoms with Crippen molar-refractivity contribution >= 4 is 11.7 Å². The summed E-state index contributed by atoms with van der Waals surface area (Å²) in [5.41, 5.74) is 0.913. The van der Waals surface area contributed by atoms with Crippen molar-refractivity contribution in [3.8, 4) is 0 Å². The van der Waals surface area contributed by atoms with Gasteiger partial charge in [0.25, 0.3) is 5.91 Å². The molecular weight excluding hydrogens is 266 g/mol. The van der Waals surface area contributed by atoms with Gasteiger partial charge in [0.05, 0.1) is 12.2 Å². The van der Waals surface area contributed by atoms with E-state index in [4.69, 9.17) is 0 Å². The maximum Gasteiger partial charge on any atom is 0.272 e. The van der Waals surface area contributed by atoms with Crippen LogP contribution >= 0.6 is 0 Å². The van der Waals surface area contributed by atoms with Gasteiger partial charge < -0.3 is 10.6 Å². The van der Waals surface area contributed by atoms with Crippen molar-refractivity contribution in [1.29, 1.82) is 0 Å². The van der Waals surface area contributed by atoms with E-state index < -0.39 is 0 Å². The highest BCUT2D eigenvalue weighted by molar-refractivity contribution is 5.92. The molecule has 0 aliphatic heterocycles. The first kappa shape index (κ1) is 14.9. The van der Waals surface area contributed by atoms with Crippen LogP contribution in [-0.4, -0.2) is 26.6 Å². The molecule has 0 bridgehead atoms. The molecule has 6 nitrogen and oxygen atoms in total. The number of hydrogen-bond acceptors (Lipinski definition) is 5. The van der Waals surface area contributed by atoms with Crippen LogP contribution in [0.1, 0.15) is 37.0 Å². The highest BCUT2D eigenvalue weighted by Gasteiger charge is 2.16. The zero-order valence-electron chi connectivity index (χ0n) is 12.4. The molecule has 0 fully saturated rings. The Labute approximate surface area is 124 Å². The average molecular weight is 285 g/mol. The van der Waals surface area contributed by atoms with E-state index in [1.54, 1.807) is 18.3 Å². The van der Waals surface area contributed by atoms with Gasteiger partial charge in [-0.3, -0.25) is 9.78 Å². The number of anilines is 1. The van der Waals surface area contributed by atoms with Crippen molar-refractivity contribution in [3.63, 3.8) is 0 Å². The summed E-state index contributed by atoms with van der Waals surface area (Å²) in [6.07, 6.45) is 1.74. The van der Waals surface area contributed by atoms with E-state index in [9.17, 15) is 4.79 Å². The maximum atomic E-state index is 11.9. The minimum absolute atomic E-state index is 0.230. The van der Waals surface area contributed by atoms with Gasteiger partial charge in [-0.05, 0) is 45.0 Å². The Kier molecular flexibility index (Phi) is 4.47. The van der Waals surface area contributed by atoms with Crippen LogP contribution in [-0.2, 0) is 6.54 Å². The molecular formula is C15H19N5O. The summed E-state index contributed by atoms with van der Waals surface area (Å²) in [6, 6.07) is 9.09. The Balaban J connectivity index is 1.94. The normalized spacial score (nSPS) is 11.0. The van der Waals surface area contributed by atoms with Crippen molar-refractivity contribution < 1.29 is 4.79 Å². The third kappa shape index (κ3) is 4.83. The molecule has 2 N–H and O–H groups in total. The smallest absolute Gasteiger partial charge is 0.272 e. The summed E-state index contributed by atoms with van der Waals surface area (Å²) >= 11 is 0. The monoisotopic (exact) mass is 285 g/mol. The highest BCUT2D eigenvalue weighted by Crippen LogP contribution is 2.06. The zero-order chi connectivity index (χ0) is 15.3. The summed E-state index contributed by atoms with van der Waals surface area (Å²) in [6.45, 7) is 6.31. The number of carbonyl (C=O) groups excluding carboxylic acids is 1. The van der Waals surface area contributed by atoms with Crippen molar-refractivity contribution in [2.24, 2.45) is 0 Å². The lowest BCUT2D eigenvalue weighted by Crippen LogP contribution is -2.41. The summed E-state index contributed by atoms with van der Waals surface area (Å²) < 4.78 is 0. The fourth-order valence-corrected chi connectivity index (χ4v) is 1.64. The Morgan fingerprint density at radius 3 is 2.52 bits per heavy atom. The van der Waals surface area contributed by atoms with Crippen LogP contribution in [0.25, 0.3) is 0 Å². The molecule has 0 aliphatic carbocycles. The van der Waals surface area contributed by atoms with E-state index in [1.165, 1.54) is 0 Å². The van der Waals surface area contributed by atoms with E-state index in [1.807, 2.05) is 39.0 Å². The van der Waals surface area contributed by atoms with Gasteiger partial charge in [0, 0.05) is 11.7 Å². The second-order valence-corrected chi connectivity index (χ2v) is 5.68. The quantitative estimate of drug-likeness (QED) is 0.898. The topological polar surface area (TPSA) is 79.8 Å². The third-order valence-corrected chi connectivity index (χ3v) is 2.56. The van der Waals surface area contributed by atoms with E-state index >= 15 is 0 Å². The molecule has 2 rings (SSSR count). The minimum atomic E-state index is -0.297. The lowest BCUT2D eigenvalue weighted by molar-refractivity contribution is 0.0913. The van der Waals surface area contributed by atoms with Gasteiger partial charge in [0.15, 0.2) is 5.69 Å². The van der Waals surface area contributed by atoms with E-state index in [0.717, 1.165) is 5.69 Å². The SMILES string of the molecule is CC(C)(C)NC(=O)c1ccc(NCc2ccccn2)nn1. The van der Waals surface area contributed by atoms with Crippen LogP contribution < -0.4 is 10.6 Å². The lowest BCUT2D eigenvalue weighted by Gasteiger charge is -2.19. The largest absolute Gasteiger partial charge is 0.363 e. The van der Waals surface area contributed by atoms with Gasteiger partial charge in [-0.2, -0.15) is 0 Å². The predicted molar refractivity (Wildman–Crippen MR) is 80.8 cm³/mol. The molecule has 0 spiro atoms. The minimum Gasteiger partial charge on any atom is -0.363 e. The van der Waals surface area contributed by atoms with Crippen molar-refractivity contribution in [3.05, 3.63) is 47.9 Å². The molecule has 0 saturated heterocycles. The van der Waals surface area contributed by atoms with Crippen LogP contribution in [0.3, 0.4) is 0 Å². The summed E-state index contributed by atoms with van der Waals surface area (Å²) in [7, 11) is 0. The highest BCUT2D eigenvalue weighted by atomic mass is 16.2. The molecule has 0 atom stereocenters. The Morgan fingerprint density at radius 2 is 1.95 bits per heavy atom. The van der Waals surface area contributed by atoms with Gasteiger partial charge in [0.2, 0.25) is 0 Å². The molecule has 2 heterocycles. The summed E-state index contributed by atoms with van der Waals surface area (Å²) in [5.74, 6) is 0.374. The Bertz CT molecular complexity index is 590. The molecule has 2 aromatic rings. The van der Waals surface area contributed by atoms with Gasteiger partial charge >= 0.3 is 0 Å². The van der Waals surface area contributed by atoms with Crippen molar-refractivity contribution in [2.45, 2.75) is 32.9 Å². The van der Waals surface area contributed by atoms with Crippen LogP contribution in [0.15, 0.2) is 36.5 Å². The molecule has 6 heteroatoms. The number of nitrogens with zero attached hydrogens (tertiary/aromatic N) is 3. The molecule has 0 saturated carbocycles. The summed E-state index contributed by atoms with van der Waals surface area (Å²) in [5, 5.41) is 13.9. The van der Waals surface area contributed by atoms with Crippen molar-refractivity contribution in [2.75, 3.05) is 5.32 Å². The fourth-order valence-electron chi connectivity index (χ4n) is 1.64. The molecule has 0 unspecified atom stereocenters. The van der Waals surface area contributed by atoms with Crippen molar-refractivity contribution in [1.82, 2.24) is 20.5 Å². The number of pyridine rings is 1. The predicted octanol–water partition coefficient (Wildman–Crippen LogP) is 2.01. The first-order valence-corrected chi connectivity index (χ1v) is 6.74. The standard InChI is InChI=1S/C15H19N5O/c1-15(2,3)18-14(21)12-7-8-13(20-19-12)17-10-11-6-4-5-9-16-11/h4-9H,10H2,1-3H3,(H,17,20)(H,18,21).